The molecule has 11 nitrogen and oxygen atoms in total. The van der Waals surface area contributed by atoms with E-state index in [0.29, 0.717) is 40.7 Å². The van der Waals surface area contributed by atoms with Crippen LogP contribution in [0.15, 0.2) is 60.7 Å². The van der Waals surface area contributed by atoms with Crippen LogP contribution in [0.4, 0.5) is 15.1 Å². The molecule has 0 bridgehead atoms. The molecule has 0 saturated heterocycles. The fourth-order valence-electron chi connectivity index (χ4n) is 5.25. The van der Waals surface area contributed by atoms with Crippen LogP contribution in [0.3, 0.4) is 0 Å². The monoisotopic (exact) mass is 657 g/mol. The Kier molecular flexibility index (Phi) is 9.67. The first kappa shape index (κ1) is 34.2. The Morgan fingerprint density at radius 1 is 0.938 bits per heavy atom. The number of aromatic nitrogens is 2. The van der Waals surface area contributed by atoms with E-state index in [1.54, 1.807) is 43.9 Å². The van der Waals surface area contributed by atoms with Gasteiger partial charge in [0.1, 0.15) is 23.7 Å². The Hall–Kier alpha value is -5.10. The summed E-state index contributed by atoms with van der Waals surface area (Å²) in [7, 11) is 0. The zero-order valence-corrected chi connectivity index (χ0v) is 27.9. The van der Waals surface area contributed by atoms with Crippen molar-refractivity contribution in [2.45, 2.75) is 78.5 Å². The van der Waals surface area contributed by atoms with E-state index in [9.17, 15) is 18.8 Å². The van der Waals surface area contributed by atoms with Crippen LogP contribution in [-0.4, -0.2) is 56.7 Å². The van der Waals surface area contributed by atoms with Crippen LogP contribution >= 0.6 is 0 Å². The highest BCUT2D eigenvalue weighted by molar-refractivity contribution is 6.06. The number of carbonyl (C=O) groups excluding carboxylic acids is 3. The number of ether oxygens (including phenoxy) is 3. The van der Waals surface area contributed by atoms with Crippen LogP contribution in [-0.2, 0) is 38.7 Å². The Balaban J connectivity index is 1.41. The first-order valence-corrected chi connectivity index (χ1v) is 15.6. The lowest BCUT2D eigenvalue weighted by atomic mass is 9.97. The molecular weight excluding hydrogens is 617 g/mol. The van der Waals surface area contributed by atoms with Crippen molar-refractivity contribution in [3.05, 3.63) is 88.9 Å². The summed E-state index contributed by atoms with van der Waals surface area (Å²) < 4.78 is 31.4. The number of nitrogens with two attached hydrogens (primary N) is 1. The van der Waals surface area contributed by atoms with Crippen molar-refractivity contribution in [1.82, 2.24) is 20.2 Å². The number of hydrogen-bond acceptors (Lipinski definition) is 9. The summed E-state index contributed by atoms with van der Waals surface area (Å²) in [6.07, 6.45) is -0.799. The molecule has 3 N–H and O–H groups in total. The third-order valence-electron chi connectivity index (χ3n) is 7.45. The van der Waals surface area contributed by atoms with Gasteiger partial charge >= 0.3 is 12.1 Å². The lowest BCUT2D eigenvalue weighted by Crippen LogP contribution is -2.48. The second kappa shape index (κ2) is 13.6. The number of benzene rings is 3. The van der Waals surface area contributed by atoms with Gasteiger partial charge in [-0.1, -0.05) is 36.4 Å². The predicted molar refractivity (Wildman–Crippen MR) is 178 cm³/mol. The summed E-state index contributed by atoms with van der Waals surface area (Å²) in [5, 5.41) is 2.97. The molecule has 1 aliphatic rings. The number of amides is 2. The van der Waals surface area contributed by atoms with Crippen molar-refractivity contribution in [2.24, 2.45) is 0 Å². The van der Waals surface area contributed by atoms with Gasteiger partial charge in [0.25, 0.3) is 5.91 Å². The van der Waals surface area contributed by atoms with Gasteiger partial charge < -0.3 is 30.2 Å². The molecule has 0 saturated carbocycles. The van der Waals surface area contributed by atoms with Crippen LogP contribution in [0, 0.1) is 5.82 Å². The van der Waals surface area contributed by atoms with Crippen LogP contribution < -0.4 is 11.1 Å². The number of fused-ring (bicyclic) bond motifs is 2. The molecule has 1 aliphatic heterocycles. The predicted octanol–water partition coefficient (Wildman–Crippen LogP) is 5.93. The highest BCUT2D eigenvalue weighted by atomic mass is 19.1. The van der Waals surface area contributed by atoms with E-state index in [0.717, 1.165) is 11.1 Å². The van der Waals surface area contributed by atoms with E-state index in [4.69, 9.17) is 19.9 Å². The summed E-state index contributed by atoms with van der Waals surface area (Å²) >= 11 is 0. The number of halogens is 1. The highest BCUT2D eigenvalue weighted by Gasteiger charge is 2.29. The van der Waals surface area contributed by atoms with Gasteiger partial charge in [-0.05, 0) is 93.6 Å². The Labute approximate surface area is 278 Å². The first-order valence-electron chi connectivity index (χ1n) is 15.6. The maximum atomic E-state index is 14.7. The Morgan fingerprint density at radius 3 is 2.27 bits per heavy atom. The second-order valence-electron chi connectivity index (χ2n) is 13.6. The van der Waals surface area contributed by atoms with Gasteiger partial charge in [0.05, 0.1) is 17.7 Å². The maximum absolute atomic E-state index is 14.7. The molecule has 3 aromatic carbocycles. The summed E-state index contributed by atoms with van der Waals surface area (Å²) in [4.78, 5) is 49.9. The van der Waals surface area contributed by atoms with E-state index >= 15 is 0 Å². The Bertz CT molecular complexity index is 1840. The second-order valence-corrected chi connectivity index (χ2v) is 13.6. The van der Waals surface area contributed by atoms with Crippen LogP contribution in [0.5, 0.6) is 0 Å². The molecule has 0 spiro atoms. The fraction of sp³-hybridized carbons (Fsp3) is 0.361. The lowest BCUT2D eigenvalue weighted by Gasteiger charge is -2.26. The zero-order valence-electron chi connectivity index (χ0n) is 27.9. The van der Waals surface area contributed by atoms with Crippen molar-refractivity contribution in [2.75, 3.05) is 12.3 Å². The van der Waals surface area contributed by atoms with E-state index in [2.05, 4.69) is 15.3 Å². The van der Waals surface area contributed by atoms with Crippen LogP contribution in [0.25, 0.3) is 22.0 Å². The van der Waals surface area contributed by atoms with Crippen molar-refractivity contribution in [3.8, 4) is 11.1 Å². The molecule has 4 aromatic rings. The van der Waals surface area contributed by atoms with E-state index in [1.165, 1.54) is 18.2 Å². The molecule has 0 aliphatic carbocycles. The fourth-order valence-corrected chi connectivity index (χ4v) is 5.25. The number of nitrogen functional groups attached to an aromatic ring is 1. The average molecular weight is 658 g/mol. The van der Waals surface area contributed by atoms with Gasteiger partial charge in [-0.3, -0.25) is 4.79 Å². The number of anilines is 1. The molecule has 252 valence electrons. The van der Waals surface area contributed by atoms with Gasteiger partial charge in [0.2, 0.25) is 5.95 Å². The number of nitrogens with one attached hydrogen (secondary N) is 1. The third kappa shape index (κ3) is 8.43. The average Bonchev–Trinajstić information content (AvgIpc) is 3.44. The minimum Gasteiger partial charge on any atom is -0.459 e. The molecule has 1 unspecified atom stereocenters. The van der Waals surface area contributed by atoms with Crippen molar-refractivity contribution in [3.63, 3.8) is 0 Å². The molecule has 2 heterocycles. The molecule has 5 rings (SSSR count). The summed E-state index contributed by atoms with van der Waals surface area (Å²) in [6.45, 7) is 11.0. The summed E-state index contributed by atoms with van der Waals surface area (Å²) in [5.41, 5.74) is 8.77. The molecule has 48 heavy (non-hydrogen) atoms. The zero-order chi connectivity index (χ0) is 34.8. The summed E-state index contributed by atoms with van der Waals surface area (Å²) in [6, 6.07) is 15.9. The molecule has 2 amide bonds. The number of esters is 1. The topological polar surface area (TPSA) is 146 Å². The maximum Gasteiger partial charge on any atom is 0.408 e. The molecule has 12 heteroatoms. The largest absolute Gasteiger partial charge is 0.459 e. The quantitative estimate of drug-likeness (QED) is 0.220. The standard InChI is InChI=1S/C36H40FN5O6/c1-35(2,3)47-20-29(40-34(45)48-36(4,5)6)32(44)46-19-24-11-13-25(37)16-26(24)21-12-14-28-27(15-21)30(41-33(38)39-28)31(43)42-17-22-9-7-8-10-23(22)18-42/h7-16,29H,17-20H2,1-6H3,(H,40,45)(H2,38,39,41). The number of nitrogens with zero attached hydrogens (tertiary/aromatic N) is 3. The van der Waals surface area contributed by atoms with E-state index in [-0.39, 0.29) is 30.8 Å². The highest BCUT2D eigenvalue weighted by Crippen LogP contribution is 2.31. The number of alkyl carbamates (subject to hydrolysis) is 1. The van der Waals surface area contributed by atoms with Gasteiger partial charge in [-0.2, -0.15) is 0 Å². The third-order valence-corrected chi connectivity index (χ3v) is 7.45. The number of hydrogen-bond donors (Lipinski definition) is 2. The van der Waals surface area contributed by atoms with Crippen molar-refractivity contribution < 1.29 is 33.0 Å². The SMILES string of the molecule is CC(C)(C)OCC(NC(=O)OC(C)(C)C)C(=O)OCc1ccc(F)cc1-c1ccc2nc(N)nc(C(=O)N3Cc4ccccc4C3)c2c1. The van der Waals surface area contributed by atoms with Crippen molar-refractivity contribution in [1.29, 1.82) is 0 Å². The minimum absolute atomic E-state index is 0.0429. The van der Waals surface area contributed by atoms with Gasteiger partial charge in [0.15, 0.2) is 6.04 Å². The molecule has 1 aromatic heterocycles. The summed E-state index contributed by atoms with van der Waals surface area (Å²) in [5.74, 6) is -1.62. The molecule has 0 radical (unpaired) electrons. The molecular formula is C36H40FN5O6. The van der Waals surface area contributed by atoms with Crippen molar-refractivity contribution >= 4 is 34.8 Å². The van der Waals surface area contributed by atoms with E-state index < -0.39 is 35.1 Å². The lowest BCUT2D eigenvalue weighted by molar-refractivity contribution is -0.150. The smallest absolute Gasteiger partial charge is 0.408 e. The first-order chi connectivity index (χ1) is 22.6. The molecule has 0 fully saturated rings. The van der Waals surface area contributed by atoms with Gasteiger partial charge in [-0.25, -0.2) is 23.9 Å². The van der Waals surface area contributed by atoms with Crippen LogP contribution in [0.1, 0.15) is 68.7 Å². The van der Waals surface area contributed by atoms with Gasteiger partial charge in [-0.15, -0.1) is 0 Å². The van der Waals surface area contributed by atoms with E-state index in [1.807, 2.05) is 45.0 Å². The normalized spacial score (nSPS) is 13.6. The van der Waals surface area contributed by atoms with Gasteiger partial charge in [0, 0.05) is 18.5 Å². The molecule has 1 atom stereocenters. The number of carbonyl (C=O) groups is 3. The Morgan fingerprint density at radius 2 is 1.62 bits per heavy atom. The number of rotatable bonds is 8. The minimum atomic E-state index is -1.17. The van der Waals surface area contributed by atoms with Crippen LogP contribution in [0.2, 0.25) is 0 Å².